The number of nitrogens with two attached hydrogens (primary N) is 1. The molecule has 2 aromatic carbocycles. The summed E-state index contributed by atoms with van der Waals surface area (Å²) in [5.74, 6) is -0.368. The van der Waals surface area contributed by atoms with Crippen LogP contribution in [0, 0.1) is 13.8 Å². The Morgan fingerprint density at radius 1 is 1.20 bits per heavy atom. The average Bonchev–Trinajstić information content (AvgIpc) is 3.31. The first-order valence-electron chi connectivity index (χ1n) is 9.38. The van der Waals surface area contributed by atoms with Crippen molar-refractivity contribution in [1.29, 1.82) is 0 Å². The maximum atomic E-state index is 13.1. The van der Waals surface area contributed by atoms with Crippen LogP contribution in [-0.2, 0) is 15.1 Å². The number of H-pyrrole nitrogens is 1. The molecule has 0 spiro atoms. The van der Waals surface area contributed by atoms with Gasteiger partial charge >= 0.3 is 0 Å². The van der Waals surface area contributed by atoms with Crippen molar-refractivity contribution in [2.24, 2.45) is 10.7 Å². The van der Waals surface area contributed by atoms with E-state index in [1.165, 1.54) is 0 Å². The van der Waals surface area contributed by atoms with Gasteiger partial charge in [-0.15, -0.1) is 0 Å². The lowest BCUT2D eigenvalue weighted by atomic mass is 9.81. The van der Waals surface area contributed by atoms with Gasteiger partial charge in [0.25, 0.3) is 5.91 Å². The molecule has 9 nitrogen and oxygen atoms in total. The molecule has 0 bridgehead atoms. The summed E-state index contributed by atoms with van der Waals surface area (Å²) < 4.78 is 5.20. The topological polar surface area (TPSA) is 134 Å². The number of anilines is 1. The molecule has 0 radical (unpaired) electrons. The van der Waals surface area contributed by atoms with Crippen LogP contribution in [0.1, 0.15) is 16.7 Å². The Morgan fingerprint density at radius 2 is 2.00 bits per heavy atom. The van der Waals surface area contributed by atoms with Gasteiger partial charge in [-0.2, -0.15) is 0 Å². The van der Waals surface area contributed by atoms with Crippen LogP contribution in [0.15, 0.2) is 41.4 Å². The zero-order chi connectivity index (χ0) is 21.5. The molecule has 0 aliphatic carbocycles. The van der Waals surface area contributed by atoms with Crippen molar-refractivity contribution in [3.63, 3.8) is 0 Å². The Labute approximate surface area is 172 Å². The number of imidazole rings is 1. The molecule has 0 fully saturated rings. The monoisotopic (exact) mass is 406 g/mol. The third-order valence-electron chi connectivity index (χ3n) is 5.23. The molecule has 2 heterocycles. The number of hydrogen-bond acceptors (Lipinski definition) is 6. The summed E-state index contributed by atoms with van der Waals surface area (Å²) in [7, 11) is 1.57. The zero-order valence-electron chi connectivity index (χ0n) is 16.9. The largest absolute Gasteiger partial charge is 0.497 e. The first kappa shape index (κ1) is 19.6. The van der Waals surface area contributed by atoms with Gasteiger partial charge in [0, 0.05) is 6.07 Å². The molecule has 5 N–H and O–H groups in total. The number of aromatic amines is 1. The van der Waals surface area contributed by atoms with Gasteiger partial charge in [-0.3, -0.25) is 25.2 Å². The smallest absolute Gasteiger partial charge is 0.274 e. The third-order valence-corrected chi connectivity index (χ3v) is 5.23. The number of nitrogens with one attached hydrogen (secondary N) is 3. The van der Waals surface area contributed by atoms with Crippen molar-refractivity contribution in [2.45, 2.75) is 19.4 Å². The van der Waals surface area contributed by atoms with Crippen LogP contribution in [0.2, 0.25) is 0 Å². The lowest BCUT2D eigenvalue weighted by Crippen LogP contribution is -2.58. The number of primary amides is 1. The second-order valence-electron chi connectivity index (χ2n) is 7.20. The SMILES string of the molecule is COc1ccc2nc(NC(=O)C3=NCNC3(C(N)=O)c3ccc(C)cc3C)[nH]c2c1. The first-order chi connectivity index (χ1) is 14.3. The highest BCUT2D eigenvalue weighted by Gasteiger charge is 2.50. The van der Waals surface area contributed by atoms with Crippen LogP contribution in [0.5, 0.6) is 5.75 Å². The lowest BCUT2D eigenvalue weighted by molar-refractivity contribution is -0.123. The van der Waals surface area contributed by atoms with E-state index in [-0.39, 0.29) is 18.3 Å². The van der Waals surface area contributed by atoms with Gasteiger partial charge in [-0.1, -0.05) is 23.8 Å². The highest BCUT2D eigenvalue weighted by molar-refractivity contribution is 6.50. The molecular formula is C21H22N6O3. The minimum atomic E-state index is -1.52. The quantitative estimate of drug-likeness (QED) is 0.509. The first-order valence-corrected chi connectivity index (χ1v) is 9.38. The number of amides is 2. The van der Waals surface area contributed by atoms with Crippen molar-refractivity contribution < 1.29 is 14.3 Å². The number of benzene rings is 2. The number of aryl methyl sites for hydroxylation is 2. The maximum absolute atomic E-state index is 13.1. The van der Waals surface area contributed by atoms with E-state index in [9.17, 15) is 9.59 Å². The molecule has 1 aromatic heterocycles. The van der Waals surface area contributed by atoms with E-state index >= 15 is 0 Å². The van der Waals surface area contributed by atoms with E-state index in [1.807, 2.05) is 26.0 Å². The van der Waals surface area contributed by atoms with Crippen molar-refractivity contribution in [2.75, 3.05) is 19.1 Å². The molecule has 1 aliphatic heterocycles. The van der Waals surface area contributed by atoms with E-state index in [1.54, 1.807) is 31.4 Å². The molecule has 2 amide bonds. The fourth-order valence-electron chi connectivity index (χ4n) is 3.82. The Hall–Kier alpha value is -3.72. The number of ether oxygens (including phenoxy) is 1. The van der Waals surface area contributed by atoms with Gasteiger partial charge in [0.05, 0.1) is 24.8 Å². The summed E-state index contributed by atoms with van der Waals surface area (Å²) in [6.07, 6.45) is 0. The Bertz CT molecular complexity index is 1200. The summed E-state index contributed by atoms with van der Waals surface area (Å²) in [6, 6.07) is 10.9. The molecule has 0 saturated heterocycles. The number of methoxy groups -OCH3 is 1. The van der Waals surface area contributed by atoms with Gasteiger partial charge in [-0.05, 0) is 37.1 Å². The molecule has 154 valence electrons. The summed E-state index contributed by atoms with van der Waals surface area (Å²) >= 11 is 0. The fourth-order valence-corrected chi connectivity index (χ4v) is 3.82. The fraction of sp³-hybridized carbons (Fsp3) is 0.238. The van der Waals surface area contributed by atoms with Crippen LogP contribution >= 0.6 is 0 Å². The summed E-state index contributed by atoms with van der Waals surface area (Å²) in [5.41, 5.74) is 8.10. The minimum Gasteiger partial charge on any atom is -0.497 e. The number of nitrogens with zero attached hydrogens (tertiary/aromatic N) is 2. The number of rotatable bonds is 5. The predicted molar refractivity (Wildman–Crippen MR) is 114 cm³/mol. The van der Waals surface area contributed by atoms with Crippen molar-refractivity contribution in [1.82, 2.24) is 15.3 Å². The molecule has 4 rings (SSSR count). The van der Waals surface area contributed by atoms with Gasteiger partial charge in [-0.25, -0.2) is 4.98 Å². The maximum Gasteiger partial charge on any atom is 0.274 e. The van der Waals surface area contributed by atoms with Crippen LogP contribution < -0.4 is 21.1 Å². The van der Waals surface area contributed by atoms with E-state index in [0.29, 0.717) is 22.3 Å². The second-order valence-corrected chi connectivity index (χ2v) is 7.20. The molecule has 0 saturated carbocycles. The van der Waals surface area contributed by atoms with Crippen molar-refractivity contribution >= 4 is 34.5 Å². The minimum absolute atomic E-state index is 0.00000950. The number of carbonyl (C=O) groups is 2. The molecule has 9 heteroatoms. The van der Waals surface area contributed by atoms with Gasteiger partial charge < -0.3 is 15.5 Å². The number of aromatic nitrogens is 2. The number of carbonyl (C=O) groups excluding carboxylic acids is 2. The normalized spacial score (nSPS) is 18.3. The summed E-state index contributed by atoms with van der Waals surface area (Å²) in [4.78, 5) is 37.4. The highest BCUT2D eigenvalue weighted by atomic mass is 16.5. The second kappa shape index (κ2) is 7.27. The van der Waals surface area contributed by atoms with Crippen molar-refractivity contribution in [3.8, 4) is 5.75 Å². The van der Waals surface area contributed by atoms with E-state index in [4.69, 9.17) is 10.5 Å². The number of hydrogen-bond donors (Lipinski definition) is 4. The summed E-state index contributed by atoms with van der Waals surface area (Å²) in [6.45, 7) is 3.92. The molecule has 1 unspecified atom stereocenters. The predicted octanol–water partition coefficient (Wildman–Crippen LogP) is 1.51. The molecule has 1 aliphatic rings. The van der Waals surface area contributed by atoms with E-state index < -0.39 is 17.4 Å². The molecule has 1 atom stereocenters. The highest BCUT2D eigenvalue weighted by Crippen LogP contribution is 2.30. The molecule has 30 heavy (non-hydrogen) atoms. The van der Waals surface area contributed by atoms with Crippen LogP contribution in [-0.4, -0.2) is 41.3 Å². The number of fused-ring (bicyclic) bond motifs is 1. The van der Waals surface area contributed by atoms with E-state index in [2.05, 4.69) is 25.6 Å². The number of aliphatic imine (C=N–C) groups is 1. The summed E-state index contributed by atoms with van der Waals surface area (Å²) in [5, 5.41) is 5.71. The standard InChI is InChI=1S/C21H22N6O3/c1-11-4-6-14(12(2)8-11)21(19(22)29)17(23-10-24-21)18(28)27-20-25-15-7-5-13(30-3)9-16(15)26-20/h4-9,24H,10H2,1-3H3,(H2,22,29)(H2,25,26,27,28). The Balaban J connectivity index is 1.69. The van der Waals surface area contributed by atoms with Gasteiger partial charge in [0.1, 0.15) is 11.5 Å². The zero-order valence-corrected chi connectivity index (χ0v) is 16.9. The Kier molecular flexibility index (Phi) is 4.75. The lowest BCUT2D eigenvalue weighted by Gasteiger charge is -2.29. The molecular weight excluding hydrogens is 384 g/mol. The molecule has 3 aromatic rings. The van der Waals surface area contributed by atoms with Crippen LogP contribution in [0.4, 0.5) is 5.95 Å². The van der Waals surface area contributed by atoms with Crippen LogP contribution in [0.25, 0.3) is 11.0 Å². The Morgan fingerprint density at radius 3 is 2.70 bits per heavy atom. The van der Waals surface area contributed by atoms with Gasteiger partial charge in [0.2, 0.25) is 11.9 Å². The van der Waals surface area contributed by atoms with Gasteiger partial charge in [0.15, 0.2) is 5.54 Å². The van der Waals surface area contributed by atoms with E-state index in [0.717, 1.165) is 11.1 Å². The average molecular weight is 406 g/mol. The van der Waals surface area contributed by atoms with Crippen LogP contribution in [0.3, 0.4) is 0 Å². The third kappa shape index (κ3) is 3.09. The van der Waals surface area contributed by atoms with Crippen molar-refractivity contribution in [3.05, 3.63) is 53.1 Å².